The van der Waals surface area contributed by atoms with Gasteiger partial charge in [0.05, 0.1) is 12.3 Å². The highest BCUT2D eigenvalue weighted by Crippen LogP contribution is 2.19. The van der Waals surface area contributed by atoms with Gasteiger partial charge in [0, 0.05) is 12.6 Å². The van der Waals surface area contributed by atoms with E-state index in [0.717, 1.165) is 11.3 Å². The van der Waals surface area contributed by atoms with E-state index in [9.17, 15) is 4.79 Å². The Kier molecular flexibility index (Phi) is 3.71. The number of nitrogens with zero attached hydrogens (tertiary/aromatic N) is 2. The molecule has 0 aliphatic rings. The minimum atomic E-state index is -0.993. The van der Waals surface area contributed by atoms with E-state index in [0.29, 0.717) is 5.15 Å². The van der Waals surface area contributed by atoms with Crippen molar-refractivity contribution in [3.05, 3.63) is 16.4 Å². The first-order chi connectivity index (χ1) is 6.93. The Morgan fingerprint density at radius 3 is 2.73 bits per heavy atom. The molecule has 1 aromatic rings. The highest BCUT2D eigenvalue weighted by molar-refractivity contribution is 6.30. The summed E-state index contributed by atoms with van der Waals surface area (Å²) in [6.45, 7) is 3.43. The molecular formula is C9H13ClN2O3. The van der Waals surface area contributed by atoms with Crippen molar-refractivity contribution in [1.82, 2.24) is 9.78 Å². The van der Waals surface area contributed by atoms with Crippen LogP contribution in [0.5, 0.6) is 0 Å². The van der Waals surface area contributed by atoms with Crippen LogP contribution in [0, 0.1) is 6.92 Å². The molecule has 0 saturated heterocycles. The molecule has 84 valence electrons. The van der Waals surface area contributed by atoms with Gasteiger partial charge in [-0.3, -0.25) is 4.68 Å². The third kappa shape index (κ3) is 2.70. The van der Waals surface area contributed by atoms with Gasteiger partial charge in [-0.15, -0.1) is 0 Å². The van der Waals surface area contributed by atoms with Crippen LogP contribution >= 0.6 is 11.6 Å². The monoisotopic (exact) mass is 232 g/mol. The molecule has 1 aromatic heterocycles. The van der Waals surface area contributed by atoms with Gasteiger partial charge in [-0.05, 0) is 13.8 Å². The summed E-state index contributed by atoms with van der Waals surface area (Å²) in [4.78, 5) is 10.5. The van der Waals surface area contributed by atoms with Gasteiger partial charge in [-0.2, -0.15) is 5.10 Å². The molecular weight excluding hydrogens is 220 g/mol. The standard InChI is InChI=1S/C9H13ClN2O3/c1-5-7(8(10)12(3)11-5)4-15-6(2)9(13)14/h6H,4H2,1-3H3,(H,13,14). The van der Waals surface area contributed by atoms with Gasteiger partial charge in [-0.1, -0.05) is 11.6 Å². The van der Waals surface area contributed by atoms with Crippen molar-refractivity contribution in [3.63, 3.8) is 0 Å². The van der Waals surface area contributed by atoms with Crippen molar-refractivity contribution in [2.24, 2.45) is 7.05 Å². The van der Waals surface area contributed by atoms with Gasteiger partial charge in [0.2, 0.25) is 0 Å². The number of carboxylic acid groups (broad SMARTS) is 1. The molecule has 0 fully saturated rings. The van der Waals surface area contributed by atoms with E-state index in [4.69, 9.17) is 21.4 Å². The molecule has 15 heavy (non-hydrogen) atoms. The van der Waals surface area contributed by atoms with E-state index in [2.05, 4.69) is 5.10 Å². The number of carboxylic acids is 1. The number of aromatic nitrogens is 2. The minimum absolute atomic E-state index is 0.159. The Morgan fingerprint density at radius 1 is 1.73 bits per heavy atom. The van der Waals surface area contributed by atoms with Crippen molar-refractivity contribution in [2.45, 2.75) is 26.6 Å². The van der Waals surface area contributed by atoms with Crippen LogP contribution in [0.4, 0.5) is 0 Å². The van der Waals surface area contributed by atoms with E-state index in [-0.39, 0.29) is 6.61 Å². The molecule has 1 unspecified atom stereocenters. The summed E-state index contributed by atoms with van der Waals surface area (Å²) in [5.41, 5.74) is 1.48. The van der Waals surface area contributed by atoms with Gasteiger partial charge < -0.3 is 9.84 Å². The number of hydrogen-bond donors (Lipinski definition) is 1. The summed E-state index contributed by atoms with van der Waals surface area (Å²) in [6, 6.07) is 0. The second-order valence-corrected chi connectivity index (χ2v) is 3.63. The molecule has 5 nitrogen and oxygen atoms in total. The lowest BCUT2D eigenvalue weighted by atomic mass is 10.3. The van der Waals surface area contributed by atoms with E-state index in [1.54, 1.807) is 14.0 Å². The molecule has 0 amide bonds. The van der Waals surface area contributed by atoms with Crippen molar-refractivity contribution in [2.75, 3.05) is 0 Å². The maximum Gasteiger partial charge on any atom is 0.332 e. The lowest BCUT2D eigenvalue weighted by molar-refractivity contribution is -0.149. The molecule has 1 heterocycles. The summed E-state index contributed by atoms with van der Waals surface area (Å²) in [7, 11) is 1.72. The van der Waals surface area contributed by atoms with Crippen molar-refractivity contribution in [1.29, 1.82) is 0 Å². The summed E-state index contributed by atoms with van der Waals surface area (Å²) >= 11 is 5.95. The fourth-order valence-corrected chi connectivity index (χ4v) is 1.35. The fraction of sp³-hybridized carbons (Fsp3) is 0.556. The Bertz CT molecular complexity index is 376. The molecule has 1 rings (SSSR count). The SMILES string of the molecule is Cc1nn(C)c(Cl)c1COC(C)C(=O)O. The number of halogens is 1. The van der Waals surface area contributed by atoms with Gasteiger partial charge in [0.25, 0.3) is 0 Å². The predicted molar refractivity (Wildman–Crippen MR) is 54.8 cm³/mol. The summed E-state index contributed by atoms with van der Waals surface area (Å²) < 4.78 is 6.66. The second-order valence-electron chi connectivity index (χ2n) is 3.27. The molecule has 0 saturated carbocycles. The first kappa shape index (κ1) is 12.0. The molecule has 0 spiro atoms. The van der Waals surface area contributed by atoms with Gasteiger partial charge in [-0.25, -0.2) is 4.79 Å². The highest BCUT2D eigenvalue weighted by Gasteiger charge is 2.15. The second kappa shape index (κ2) is 4.63. The maximum atomic E-state index is 10.5. The van der Waals surface area contributed by atoms with Crippen LogP contribution in [0.2, 0.25) is 5.15 Å². The van der Waals surface area contributed by atoms with Crippen LogP contribution < -0.4 is 0 Å². The molecule has 1 N–H and O–H groups in total. The normalized spacial score (nSPS) is 12.8. The summed E-state index contributed by atoms with van der Waals surface area (Å²) in [6.07, 6.45) is -0.847. The zero-order valence-corrected chi connectivity index (χ0v) is 9.58. The van der Waals surface area contributed by atoms with E-state index >= 15 is 0 Å². The van der Waals surface area contributed by atoms with Gasteiger partial charge in [0.15, 0.2) is 6.10 Å². The van der Waals surface area contributed by atoms with Gasteiger partial charge >= 0.3 is 5.97 Å². The smallest absolute Gasteiger partial charge is 0.332 e. The zero-order valence-electron chi connectivity index (χ0n) is 8.82. The first-order valence-corrected chi connectivity index (χ1v) is 4.83. The zero-order chi connectivity index (χ0) is 11.6. The van der Waals surface area contributed by atoms with Crippen LogP contribution in [0.3, 0.4) is 0 Å². The van der Waals surface area contributed by atoms with Crippen LogP contribution in [-0.2, 0) is 23.2 Å². The van der Waals surface area contributed by atoms with E-state index < -0.39 is 12.1 Å². The number of hydrogen-bond acceptors (Lipinski definition) is 3. The number of aliphatic carboxylic acids is 1. The largest absolute Gasteiger partial charge is 0.479 e. The third-order valence-electron chi connectivity index (χ3n) is 2.10. The van der Waals surface area contributed by atoms with Crippen molar-refractivity contribution < 1.29 is 14.6 Å². The number of ether oxygens (including phenoxy) is 1. The van der Waals surface area contributed by atoms with Crippen LogP contribution in [-0.4, -0.2) is 27.0 Å². The average Bonchev–Trinajstić information content (AvgIpc) is 2.38. The predicted octanol–water partition coefficient (Wildman–Crippen LogP) is 1.37. The Labute approximate surface area is 92.6 Å². The number of aryl methyl sites for hydroxylation is 2. The van der Waals surface area contributed by atoms with E-state index in [1.807, 2.05) is 0 Å². The number of rotatable bonds is 4. The lowest BCUT2D eigenvalue weighted by Crippen LogP contribution is -2.19. The van der Waals surface area contributed by atoms with E-state index in [1.165, 1.54) is 11.6 Å². The van der Waals surface area contributed by atoms with Crippen LogP contribution in [0.15, 0.2) is 0 Å². The van der Waals surface area contributed by atoms with Crippen LogP contribution in [0.1, 0.15) is 18.2 Å². The summed E-state index contributed by atoms with van der Waals surface area (Å²) in [5.74, 6) is -0.993. The summed E-state index contributed by atoms with van der Waals surface area (Å²) in [5, 5.41) is 13.2. The molecule has 6 heteroatoms. The maximum absolute atomic E-state index is 10.5. The first-order valence-electron chi connectivity index (χ1n) is 4.46. The highest BCUT2D eigenvalue weighted by atomic mass is 35.5. The van der Waals surface area contributed by atoms with Crippen LogP contribution in [0.25, 0.3) is 0 Å². The molecule has 0 aliphatic heterocycles. The molecule has 1 atom stereocenters. The van der Waals surface area contributed by atoms with Crippen molar-refractivity contribution in [3.8, 4) is 0 Å². The van der Waals surface area contributed by atoms with Gasteiger partial charge in [0.1, 0.15) is 5.15 Å². The number of carbonyl (C=O) groups is 1. The topological polar surface area (TPSA) is 64.4 Å². The molecule has 0 radical (unpaired) electrons. The molecule has 0 aromatic carbocycles. The minimum Gasteiger partial charge on any atom is -0.479 e. The quantitative estimate of drug-likeness (QED) is 0.852. The molecule has 0 aliphatic carbocycles. The Balaban J connectivity index is 2.69. The Morgan fingerprint density at radius 2 is 2.33 bits per heavy atom. The molecule has 0 bridgehead atoms. The fourth-order valence-electron chi connectivity index (χ4n) is 1.12. The average molecular weight is 233 g/mol. The Hall–Kier alpha value is -1.07. The van der Waals surface area contributed by atoms with Crippen molar-refractivity contribution >= 4 is 17.6 Å². The lowest BCUT2D eigenvalue weighted by Gasteiger charge is -2.07. The third-order valence-corrected chi connectivity index (χ3v) is 2.57.